The number of carbonyl (C=O) groups excluding carboxylic acids is 1. The summed E-state index contributed by atoms with van der Waals surface area (Å²) in [5.41, 5.74) is 0. The lowest BCUT2D eigenvalue weighted by molar-refractivity contribution is -0.135. The molecule has 0 aliphatic rings. The summed E-state index contributed by atoms with van der Waals surface area (Å²) in [6.07, 6.45) is -4.33. The minimum atomic E-state index is -4.08. The highest BCUT2D eigenvalue weighted by Crippen LogP contribution is 2.21. The first-order valence-corrected chi connectivity index (χ1v) is 6.30. The molecule has 0 bridgehead atoms. The van der Waals surface area contributed by atoms with Gasteiger partial charge in [0.05, 0.1) is 6.04 Å². The van der Waals surface area contributed by atoms with Crippen LogP contribution < -0.4 is 10.6 Å². The Bertz CT molecular complexity index is 242. The number of alkyl halides is 3. The first-order chi connectivity index (χ1) is 8.22. The highest BCUT2D eigenvalue weighted by molar-refractivity contribution is 5.81. The summed E-state index contributed by atoms with van der Waals surface area (Å²) >= 11 is 0. The van der Waals surface area contributed by atoms with Crippen LogP contribution in [0.1, 0.15) is 40.0 Å². The van der Waals surface area contributed by atoms with Gasteiger partial charge in [-0.05, 0) is 32.2 Å². The average molecular weight is 268 g/mol. The molecule has 0 spiro atoms. The smallest absolute Gasteiger partial charge is 0.354 e. The molecule has 2 N–H and O–H groups in total. The quantitative estimate of drug-likeness (QED) is 0.664. The van der Waals surface area contributed by atoms with E-state index in [0.29, 0.717) is 25.4 Å². The highest BCUT2D eigenvalue weighted by Gasteiger charge is 2.25. The van der Waals surface area contributed by atoms with Crippen molar-refractivity contribution in [2.24, 2.45) is 5.92 Å². The van der Waals surface area contributed by atoms with Gasteiger partial charge in [-0.3, -0.25) is 4.79 Å². The molecule has 0 aliphatic carbocycles. The number of hydrogen-bond acceptors (Lipinski definition) is 2. The van der Waals surface area contributed by atoms with E-state index in [1.165, 1.54) is 0 Å². The van der Waals surface area contributed by atoms with Crippen molar-refractivity contribution in [1.82, 2.24) is 10.6 Å². The van der Waals surface area contributed by atoms with Gasteiger partial charge in [0.2, 0.25) is 5.91 Å². The zero-order valence-electron chi connectivity index (χ0n) is 11.2. The van der Waals surface area contributed by atoms with Crippen molar-refractivity contribution in [1.29, 1.82) is 0 Å². The molecule has 0 saturated heterocycles. The summed E-state index contributed by atoms with van der Waals surface area (Å²) in [5, 5.41) is 5.68. The molecular weight excluding hydrogens is 245 g/mol. The van der Waals surface area contributed by atoms with E-state index in [0.717, 1.165) is 0 Å². The molecule has 1 amide bonds. The monoisotopic (exact) mass is 268 g/mol. The summed E-state index contributed by atoms with van der Waals surface area (Å²) in [5.74, 6) is 0.271. The molecule has 0 aromatic carbocycles. The number of amides is 1. The van der Waals surface area contributed by atoms with Crippen molar-refractivity contribution in [2.45, 2.75) is 52.3 Å². The summed E-state index contributed by atoms with van der Waals surface area (Å²) < 4.78 is 35.6. The fraction of sp³-hybridized carbons (Fsp3) is 0.917. The van der Waals surface area contributed by atoms with E-state index < -0.39 is 12.6 Å². The highest BCUT2D eigenvalue weighted by atomic mass is 19.4. The number of nitrogens with one attached hydrogen (secondary N) is 2. The van der Waals surface area contributed by atoms with E-state index in [1.54, 1.807) is 6.92 Å². The standard InChI is InChI=1S/C12H23F3N2O/c1-9(2)8-17-11(18)10(3)16-7-5-4-6-12(13,14)15/h9-10,16H,4-8H2,1-3H3,(H,17,18). The molecule has 0 aromatic heterocycles. The van der Waals surface area contributed by atoms with Gasteiger partial charge in [0.1, 0.15) is 0 Å². The Hall–Kier alpha value is -0.780. The van der Waals surface area contributed by atoms with Crippen LogP contribution in [0.15, 0.2) is 0 Å². The minimum Gasteiger partial charge on any atom is -0.354 e. The second kappa shape index (κ2) is 8.34. The summed E-state index contributed by atoms with van der Waals surface area (Å²) in [6.45, 7) is 6.73. The molecule has 0 saturated carbocycles. The van der Waals surface area contributed by atoms with Crippen LogP contribution in [0.2, 0.25) is 0 Å². The van der Waals surface area contributed by atoms with E-state index >= 15 is 0 Å². The second-order valence-electron chi connectivity index (χ2n) is 4.89. The molecule has 3 nitrogen and oxygen atoms in total. The lowest BCUT2D eigenvalue weighted by atomic mass is 10.2. The van der Waals surface area contributed by atoms with Gasteiger partial charge >= 0.3 is 6.18 Å². The molecule has 108 valence electrons. The van der Waals surface area contributed by atoms with E-state index in [-0.39, 0.29) is 18.4 Å². The van der Waals surface area contributed by atoms with Gasteiger partial charge in [0, 0.05) is 13.0 Å². The first-order valence-electron chi connectivity index (χ1n) is 6.30. The first kappa shape index (κ1) is 17.2. The molecule has 6 heteroatoms. The number of rotatable bonds is 8. The Labute approximate surface area is 107 Å². The SMILES string of the molecule is CC(C)CNC(=O)C(C)NCCCCC(F)(F)F. The Kier molecular flexibility index (Phi) is 7.98. The number of carbonyl (C=O) groups is 1. The van der Waals surface area contributed by atoms with Crippen LogP contribution in [-0.2, 0) is 4.79 Å². The summed E-state index contributed by atoms with van der Waals surface area (Å²) in [4.78, 5) is 11.5. The lowest BCUT2D eigenvalue weighted by Crippen LogP contribution is -2.43. The van der Waals surface area contributed by atoms with E-state index in [9.17, 15) is 18.0 Å². The fourth-order valence-electron chi connectivity index (χ4n) is 1.32. The minimum absolute atomic E-state index is 0.0941. The third-order valence-electron chi connectivity index (χ3n) is 2.42. The number of halogens is 3. The van der Waals surface area contributed by atoms with Crippen molar-refractivity contribution in [3.63, 3.8) is 0 Å². The van der Waals surface area contributed by atoms with E-state index in [1.807, 2.05) is 13.8 Å². The van der Waals surface area contributed by atoms with Gasteiger partial charge in [-0.15, -0.1) is 0 Å². The molecule has 0 rings (SSSR count). The topological polar surface area (TPSA) is 41.1 Å². The molecular formula is C12H23F3N2O. The number of unbranched alkanes of at least 4 members (excludes halogenated alkanes) is 1. The zero-order valence-corrected chi connectivity index (χ0v) is 11.2. The maximum atomic E-state index is 11.9. The average Bonchev–Trinajstić information content (AvgIpc) is 2.23. The van der Waals surface area contributed by atoms with Crippen LogP contribution in [0.25, 0.3) is 0 Å². The molecule has 0 radical (unpaired) electrons. The maximum absolute atomic E-state index is 11.9. The molecule has 1 unspecified atom stereocenters. The molecule has 18 heavy (non-hydrogen) atoms. The van der Waals surface area contributed by atoms with Gasteiger partial charge in [-0.25, -0.2) is 0 Å². The number of hydrogen-bond donors (Lipinski definition) is 2. The largest absolute Gasteiger partial charge is 0.389 e. The van der Waals surface area contributed by atoms with Crippen LogP contribution in [0, 0.1) is 5.92 Å². The van der Waals surface area contributed by atoms with Crippen molar-refractivity contribution in [2.75, 3.05) is 13.1 Å². The van der Waals surface area contributed by atoms with E-state index in [2.05, 4.69) is 10.6 Å². The maximum Gasteiger partial charge on any atom is 0.389 e. The summed E-state index contributed by atoms with van der Waals surface area (Å²) in [7, 11) is 0. The molecule has 0 fully saturated rings. The van der Waals surface area contributed by atoms with Crippen LogP contribution >= 0.6 is 0 Å². The third-order valence-corrected chi connectivity index (χ3v) is 2.42. The van der Waals surface area contributed by atoms with Gasteiger partial charge in [0.25, 0.3) is 0 Å². The second-order valence-corrected chi connectivity index (χ2v) is 4.89. The van der Waals surface area contributed by atoms with Crippen LogP contribution in [0.4, 0.5) is 13.2 Å². The Morgan fingerprint density at radius 2 is 1.78 bits per heavy atom. The molecule has 1 atom stereocenters. The predicted molar refractivity (Wildman–Crippen MR) is 65.2 cm³/mol. The molecule has 0 aromatic rings. The fourth-order valence-corrected chi connectivity index (χ4v) is 1.32. The zero-order chi connectivity index (χ0) is 14.2. The molecule has 0 aliphatic heterocycles. The van der Waals surface area contributed by atoms with Crippen molar-refractivity contribution in [3.8, 4) is 0 Å². The van der Waals surface area contributed by atoms with Crippen molar-refractivity contribution in [3.05, 3.63) is 0 Å². The van der Waals surface area contributed by atoms with Gasteiger partial charge in [0.15, 0.2) is 0 Å². The van der Waals surface area contributed by atoms with Gasteiger partial charge in [-0.2, -0.15) is 13.2 Å². The third kappa shape index (κ3) is 10.4. The summed E-state index contributed by atoms with van der Waals surface area (Å²) in [6, 6.07) is -0.366. The van der Waals surface area contributed by atoms with Crippen molar-refractivity contribution < 1.29 is 18.0 Å². The van der Waals surface area contributed by atoms with Gasteiger partial charge in [-0.1, -0.05) is 13.8 Å². The van der Waals surface area contributed by atoms with Crippen LogP contribution in [-0.4, -0.2) is 31.2 Å². The van der Waals surface area contributed by atoms with Crippen molar-refractivity contribution >= 4 is 5.91 Å². The van der Waals surface area contributed by atoms with Crippen LogP contribution in [0.3, 0.4) is 0 Å². The predicted octanol–water partition coefficient (Wildman–Crippen LogP) is 2.47. The Balaban J connectivity index is 3.58. The Morgan fingerprint density at radius 1 is 1.17 bits per heavy atom. The molecule has 0 heterocycles. The normalized spacial score (nSPS) is 13.7. The Morgan fingerprint density at radius 3 is 2.28 bits per heavy atom. The van der Waals surface area contributed by atoms with Crippen LogP contribution in [0.5, 0.6) is 0 Å². The van der Waals surface area contributed by atoms with Gasteiger partial charge < -0.3 is 10.6 Å². The van der Waals surface area contributed by atoms with E-state index in [4.69, 9.17) is 0 Å². The lowest BCUT2D eigenvalue weighted by Gasteiger charge is -2.15.